The van der Waals surface area contributed by atoms with Crippen molar-refractivity contribution in [1.29, 1.82) is 0 Å². The van der Waals surface area contributed by atoms with Gasteiger partial charge in [-0.05, 0) is 31.0 Å². The summed E-state index contributed by atoms with van der Waals surface area (Å²) in [5.41, 5.74) is 3.25. The minimum atomic E-state index is -0.294. The Morgan fingerprint density at radius 3 is 2.81 bits per heavy atom. The van der Waals surface area contributed by atoms with Crippen LogP contribution in [-0.4, -0.2) is 24.2 Å². The Bertz CT molecular complexity index is 1080. The van der Waals surface area contributed by atoms with E-state index in [2.05, 4.69) is 45.2 Å². The third kappa shape index (κ3) is 4.86. The van der Waals surface area contributed by atoms with Crippen LogP contribution in [0.5, 0.6) is 5.75 Å². The van der Waals surface area contributed by atoms with Gasteiger partial charge in [0.05, 0.1) is 17.7 Å². The van der Waals surface area contributed by atoms with E-state index in [0.29, 0.717) is 35.7 Å². The summed E-state index contributed by atoms with van der Waals surface area (Å²) in [4.78, 5) is 17.2. The van der Waals surface area contributed by atoms with Gasteiger partial charge >= 0.3 is 6.03 Å². The van der Waals surface area contributed by atoms with Crippen LogP contribution in [0.15, 0.2) is 47.8 Å². The molecule has 3 aromatic rings. The van der Waals surface area contributed by atoms with Crippen LogP contribution in [0.1, 0.15) is 42.5 Å². The van der Waals surface area contributed by atoms with Gasteiger partial charge in [-0.1, -0.05) is 48.0 Å². The number of ether oxygens (including phenoxy) is 1. The van der Waals surface area contributed by atoms with E-state index in [1.165, 1.54) is 29.7 Å². The van der Waals surface area contributed by atoms with Crippen molar-refractivity contribution in [3.05, 3.63) is 64.0 Å². The van der Waals surface area contributed by atoms with Gasteiger partial charge in [-0.15, -0.1) is 23.7 Å². The first kappa shape index (κ1) is 22.9. The van der Waals surface area contributed by atoms with Crippen molar-refractivity contribution in [2.24, 2.45) is 0 Å². The lowest BCUT2D eigenvalue weighted by atomic mass is 10.0. The maximum absolute atomic E-state index is 12.6. The minimum Gasteiger partial charge on any atom is -0.492 e. The van der Waals surface area contributed by atoms with Gasteiger partial charge in [0.1, 0.15) is 16.6 Å². The summed E-state index contributed by atoms with van der Waals surface area (Å²) >= 11 is 7.73. The molecule has 1 fully saturated rings. The standard InChI is InChI=1S/C23H23ClN4O2S.ClH/c24-17-4-1-3-16-19(10-12-30-21(16)17)26-23(29)28-20-13-31-22(27-20)15-8-6-14(7-9-15)18-5-2-11-25-18;/h1,3-4,6-9,13,18-19,25H,2,5,10-12H2,(H2,26,28,29);1H/t18?,19-;/m0./s1. The van der Waals surface area contributed by atoms with Gasteiger partial charge in [-0.2, -0.15) is 0 Å². The number of urea groups is 1. The number of thiazole rings is 1. The number of benzene rings is 2. The first-order chi connectivity index (χ1) is 15.2. The summed E-state index contributed by atoms with van der Waals surface area (Å²) < 4.78 is 5.66. The van der Waals surface area contributed by atoms with Crippen molar-refractivity contribution in [3.8, 4) is 16.3 Å². The largest absolute Gasteiger partial charge is 0.492 e. The number of aromatic nitrogens is 1. The molecular formula is C23H24Cl2N4O2S. The molecule has 0 saturated carbocycles. The van der Waals surface area contributed by atoms with Crippen LogP contribution < -0.4 is 20.7 Å². The Kier molecular flexibility index (Phi) is 7.20. The monoisotopic (exact) mass is 490 g/mol. The minimum absolute atomic E-state index is 0. The van der Waals surface area contributed by atoms with Gasteiger partial charge < -0.3 is 15.4 Å². The van der Waals surface area contributed by atoms with Crippen molar-refractivity contribution in [2.45, 2.75) is 31.3 Å². The van der Waals surface area contributed by atoms with Gasteiger partial charge in [-0.25, -0.2) is 9.78 Å². The predicted octanol–water partition coefficient (Wildman–Crippen LogP) is 5.96. The third-order valence-corrected chi connectivity index (χ3v) is 6.89. The molecule has 0 aliphatic carbocycles. The lowest BCUT2D eigenvalue weighted by molar-refractivity contribution is 0.232. The predicted molar refractivity (Wildman–Crippen MR) is 131 cm³/mol. The van der Waals surface area contributed by atoms with Crippen LogP contribution >= 0.6 is 35.3 Å². The number of hydrogen-bond acceptors (Lipinski definition) is 5. The molecule has 9 heteroatoms. The Morgan fingerprint density at radius 1 is 1.19 bits per heavy atom. The molecule has 168 valence electrons. The average Bonchev–Trinajstić information content (AvgIpc) is 3.47. The highest BCUT2D eigenvalue weighted by Crippen LogP contribution is 2.37. The Balaban J connectivity index is 0.00000245. The normalized spacial score (nSPS) is 19.4. The zero-order valence-electron chi connectivity index (χ0n) is 17.3. The van der Waals surface area contributed by atoms with Crippen molar-refractivity contribution < 1.29 is 9.53 Å². The van der Waals surface area contributed by atoms with Gasteiger partial charge in [0, 0.05) is 29.0 Å². The summed E-state index contributed by atoms with van der Waals surface area (Å²) in [6.07, 6.45) is 3.09. The topological polar surface area (TPSA) is 75.3 Å². The highest BCUT2D eigenvalue weighted by atomic mass is 35.5. The molecule has 0 spiro atoms. The highest BCUT2D eigenvalue weighted by Gasteiger charge is 2.25. The summed E-state index contributed by atoms with van der Waals surface area (Å²) in [6.45, 7) is 1.59. The van der Waals surface area contributed by atoms with Gasteiger partial charge in [0.15, 0.2) is 0 Å². The number of halogens is 2. The maximum atomic E-state index is 12.6. The third-order valence-electron chi connectivity index (χ3n) is 5.70. The smallest absolute Gasteiger partial charge is 0.320 e. The summed E-state index contributed by atoms with van der Waals surface area (Å²) in [5.74, 6) is 1.19. The average molecular weight is 491 g/mol. The molecule has 5 rings (SSSR count). The van der Waals surface area contributed by atoms with Crippen LogP contribution in [-0.2, 0) is 0 Å². The van der Waals surface area contributed by atoms with Crippen LogP contribution in [0.3, 0.4) is 0 Å². The molecule has 6 nitrogen and oxygen atoms in total. The fraction of sp³-hybridized carbons (Fsp3) is 0.304. The molecule has 3 heterocycles. The molecule has 2 atom stereocenters. The molecule has 2 aliphatic heterocycles. The first-order valence-corrected chi connectivity index (χ1v) is 11.7. The van der Waals surface area contributed by atoms with Crippen molar-refractivity contribution in [3.63, 3.8) is 0 Å². The van der Waals surface area contributed by atoms with Crippen molar-refractivity contribution in [2.75, 3.05) is 18.5 Å². The van der Waals surface area contributed by atoms with Crippen molar-refractivity contribution in [1.82, 2.24) is 15.6 Å². The highest BCUT2D eigenvalue weighted by molar-refractivity contribution is 7.13. The number of amides is 2. The Labute approximate surface area is 202 Å². The number of hydrogen-bond donors (Lipinski definition) is 3. The lowest BCUT2D eigenvalue weighted by Gasteiger charge is -2.27. The van der Waals surface area contributed by atoms with E-state index in [4.69, 9.17) is 16.3 Å². The number of anilines is 1. The molecule has 0 radical (unpaired) electrons. The van der Waals surface area contributed by atoms with Crippen LogP contribution in [0.25, 0.3) is 10.6 Å². The Hall–Kier alpha value is -2.32. The van der Waals surface area contributed by atoms with Gasteiger partial charge in [0.25, 0.3) is 0 Å². The number of nitrogens with zero attached hydrogens (tertiary/aromatic N) is 1. The molecular weight excluding hydrogens is 467 g/mol. The number of carbonyl (C=O) groups is 1. The SMILES string of the molecule is Cl.O=C(Nc1csc(-c2ccc(C3CCCN3)cc2)n1)N[C@H]1CCOc2c(Cl)cccc21. The van der Waals surface area contributed by atoms with E-state index in [-0.39, 0.29) is 24.5 Å². The van der Waals surface area contributed by atoms with E-state index >= 15 is 0 Å². The number of nitrogens with one attached hydrogen (secondary N) is 3. The number of para-hydroxylation sites is 1. The fourth-order valence-corrected chi connectivity index (χ4v) is 5.13. The zero-order valence-corrected chi connectivity index (χ0v) is 19.7. The molecule has 1 aromatic heterocycles. The molecule has 2 amide bonds. The first-order valence-electron chi connectivity index (χ1n) is 10.5. The molecule has 1 unspecified atom stereocenters. The molecule has 1 saturated heterocycles. The second kappa shape index (κ2) is 10.1. The van der Waals surface area contributed by atoms with Gasteiger partial charge in [-0.3, -0.25) is 5.32 Å². The van der Waals surface area contributed by atoms with Gasteiger partial charge in [0.2, 0.25) is 0 Å². The Morgan fingerprint density at radius 2 is 2.03 bits per heavy atom. The molecule has 2 aromatic carbocycles. The quantitative estimate of drug-likeness (QED) is 0.421. The van der Waals surface area contributed by atoms with Crippen LogP contribution in [0.2, 0.25) is 5.02 Å². The number of fused-ring (bicyclic) bond motifs is 1. The zero-order chi connectivity index (χ0) is 21.2. The molecule has 3 N–H and O–H groups in total. The van der Waals surface area contributed by atoms with Crippen LogP contribution in [0.4, 0.5) is 10.6 Å². The van der Waals surface area contributed by atoms with E-state index in [0.717, 1.165) is 22.7 Å². The van der Waals surface area contributed by atoms with Crippen LogP contribution in [0, 0.1) is 0 Å². The second-order valence-electron chi connectivity index (χ2n) is 7.76. The molecule has 2 aliphatic rings. The maximum Gasteiger partial charge on any atom is 0.320 e. The van der Waals surface area contributed by atoms with E-state index in [9.17, 15) is 4.79 Å². The van der Waals surface area contributed by atoms with Crippen molar-refractivity contribution >= 4 is 47.2 Å². The van der Waals surface area contributed by atoms with E-state index in [1.807, 2.05) is 17.5 Å². The molecule has 0 bridgehead atoms. The number of rotatable bonds is 4. The van der Waals surface area contributed by atoms with E-state index in [1.54, 1.807) is 6.07 Å². The van der Waals surface area contributed by atoms with E-state index < -0.39 is 0 Å². The molecule has 32 heavy (non-hydrogen) atoms. The lowest BCUT2D eigenvalue weighted by Crippen LogP contribution is -2.35. The summed E-state index contributed by atoms with van der Waals surface area (Å²) in [5, 5.41) is 12.7. The summed E-state index contributed by atoms with van der Waals surface area (Å²) in [6, 6.07) is 14.1. The fourth-order valence-electron chi connectivity index (χ4n) is 4.14. The summed E-state index contributed by atoms with van der Waals surface area (Å²) in [7, 11) is 0. The number of carbonyl (C=O) groups excluding carboxylic acids is 1. The second-order valence-corrected chi connectivity index (χ2v) is 9.02.